The normalized spacial score (nSPS) is 16.2. The molecule has 5 nitrogen and oxygen atoms in total. The van der Waals surface area contributed by atoms with Crippen molar-refractivity contribution in [3.8, 4) is 0 Å². The second kappa shape index (κ2) is 8.11. The number of rotatable bonds is 7. The van der Waals surface area contributed by atoms with E-state index in [2.05, 4.69) is 22.1 Å². The van der Waals surface area contributed by atoms with Crippen LogP contribution in [0.4, 0.5) is 0 Å². The van der Waals surface area contributed by atoms with Gasteiger partial charge in [0.2, 0.25) is 0 Å². The lowest BCUT2D eigenvalue weighted by atomic mass is 10.1. The molecule has 2 heterocycles. The van der Waals surface area contributed by atoms with E-state index in [1.54, 1.807) is 12.5 Å². The van der Waals surface area contributed by atoms with Crippen molar-refractivity contribution >= 4 is 5.91 Å². The Morgan fingerprint density at radius 3 is 2.92 bits per heavy atom. The van der Waals surface area contributed by atoms with Gasteiger partial charge >= 0.3 is 0 Å². The molecule has 1 aliphatic rings. The number of nitrogens with one attached hydrogen (secondary N) is 1. The molecule has 1 fully saturated rings. The third-order valence-electron chi connectivity index (χ3n) is 4.49. The number of imidazole rings is 1. The van der Waals surface area contributed by atoms with Crippen LogP contribution in [0.25, 0.3) is 0 Å². The number of carbonyl (C=O) groups excluding carboxylic acids is 1. The topological polar surface area (TPSA) is 50.2 Å². The van der Waals surface area contributed by atoms with Crippen molar-refractivity contribution in [2.75, 3.05) is 26.2 Å². The fourth-order valence-corrected chi connectivity index (χ4v) is 3.24. The first-order valence-corrected chi connectivity index (χ1v) is 8.76. The average molecular weight is 326 g/mol. The van der Waals surface area contributed by atoms with Gasteiger partial charge < -0.3 is 14.8 Å². The van der Waals surface area contributed by atoms with Crippen molar-refractivity contribution in [3.63, 3.8) is 0 Å². The molecule has 1 aromatic heterocycles. The smallest absolute Gasteiger partial charge is 0.251 e. The van der Waals surface area contributed by atoms with E-state index < -0.39 is 0 Å². The summed E-state index contributed by atoms with van der Waals surface area (Å²) in [5, 5.41) is 3.07. The molecule has 1 N–H and O–H groups in total. The van der Waals surface area contributed by atoms with Crippen molar-refractivity contribution in [2.24, 2.45) is 5.92 Å². The lowest BCUT2D eigenvalue weighted by Crippen LogP contribution is -2.34. The summed E-state index contributed by atoms with van der Waals surface area (Å²) >= 11 is 0. The summed E-state index contributed by atoms with van der Waals surface area (Å²) in [6.45, 7) is 7.13. The highest BCUT2D eigenvalue weighted by Crippen LogP contribution is 2.11. The lowest BCUT2D eigenvalue weighted by molar-refractivity contribution is 0.0945. The predicted octanol–water partition coefficient (Wildman–Crippen LogP) is 2.39. The largest absolute Gasteiger partial charge is 0.352 e. The highest BCUT2D eigenvalue weighted by molar-refractivity contribution is 5.94. The Morgan fingerprint density at radius 1 is 1.33 bits per heavy atom. The van der Waals surface area contributed by atoms with E-state index in [4.69, 9.17) is 0 Å². The van der Waals surface area contributed by atoms with Crippen LogP contribution in [0.2, 0.25) is 0 Å². The molecule has 0 unspecified atom stereocenters. The molecule has 0 aliphatic carbocycles. The first kappa shape index (κ1) is 16.7. The molecule has 0 saturated carbocycles. The Hall–Kier alpha value is -2.14. The third-order valence-corrected chi connectivity index (χ3v) is 4.49. The SMILES string of the molecule is C[C@@H](CNC(=O)c1cccc(Cn2ccnc2)c1)CN1CCCC1. The summed E-state index contributed by atoms with van der Waals surface area (Å²) in [4.78, 5) is 18.9. The van der Waals surface area contributed by atoms with Crippen molar-refractivity contribution in [2.45, 2.75) is 26.3 Å². The number of aromatic nitrogens is 2. The molecule has 1 saturated heterocycles. The summed E-state index contributed by atoms with van der Waals surface area (Å²) in [6.07, 6.45) is 8.09. The van der Waals surface area contributed by atoms with Gasteiger partial charge in [-0.05, 0) is 49.5 Å². The second-order valence-corrected chi connectivity index (χ2v) is 6.76. The fourth-order valence-electron chi connectivity index (χ4n) is 3.24. The zero-order chi connectivity index (χ0) is 16.8. The Bertz CT molecular complexity index is 647. The van der Waals surface area contributed by atoms with Gasteiger partial charge in [0.15, 0.2) is 0 Å². The van der Waals surface area contributed by atoms with Gasteiger partial charge in [-0.3, -0.25) is 4.79 Å². The van der Waals surface area contributed by atoms with E-state index in [0.29, 0.717) is 5.92 Å². The van der Waals surface area contributed by atoms with Gasteiger partial charge in [-0.1, -0.05) is 19.1 Å². The predicted molar refractivity (Wildman–Crippen MR) is 94.9 cm³/mol. The molecule has 1 aliphatic heterocycles. The molecule has 2 aromatic rings. The molecule has 1 aromatic carbocycles. The van der Waals surface area contributed by atoms with E-state index >= 15 is 0 Å². The monoisotopic (exact) mass is 326 g/mol. The van der Waals surface area contributed by atoms with Crippen LogP contribution in [0.3, 0.4) is 0 Å². The number of likely N-dealkylation sites (tertiary alicyclic amines) is 1. The number of carbonyl (C=O) groups is 1. The molecular formula is C19H26N4O. The van der Waals surface area contributed by atoms with Crippen LogP contribution >= 0.6 is 0 Å². The highest BCUT2D eigenvalue weighted by Gasteiger charge is 2.15. The van der Waals surface area contributed by atoms with Gasteiger partial charge in [-0.25, -0.2) is 4.98 Å². The molecule has 1 atom stereocenters. The number of nitrogens with zero attached hydrogens (tertiary/aromatic N) is 3. The Morgan fingerprint density at radius 2 is 2.17 bits per heavy atom. The van der Waals surface area contributed by atoms with E-state index in [-0.39, 0.29) is 5.91 Å². The van der Waals surface area contributed by atoms with Gasteiger partial charge in [0, 0.05) is 37.6 Å². The lowest BCUT2D eigenvalue weighted by Gasteiger charge is -2.20. The number of hydrogen-bond donors (Lipinski definition) is 1. The first-order valence-electron chi connectivity index (χ1n) is 8.76. The molecule has 0 bridgehead atoms. The summed E-state index contributed by atoms with van der Waals surface area (Å²) in [5.74, 6) is 0.483. The maximum Gasteiger partial charge on any atom is 0.251 e. The Balaban J connectivity index is 1.50. The molecule has 0 spiro atoms. The van der Waals surface area contributed by atoms with Gasteiger partial charge in [0.1, 0.15) is 0 Å². The van der Waals surface area contributed by atoms with Crippen LogP contribution in [0.15, 0.2) is 43.0 Å². The van der Waals surface area contributed by atoms with Crippen molar-refractivity contribution in [1.29, 1.82) is 0 Å². The van der Waals surface area contributed by atoms with Gasteiger partial charge in [0.25, 0.3) is 5.91 Å². The fraction of sp³-hybridized carbons (Fsp3) is 0.474. The molecule has 24 heavy (non-hydrogen) atoms. The van der Waals surface area contributed by atoms with Gasteiger partial charge in [-0.15, -0.1) is 0 Å². The Labute approximate surface area is 143 Å². The minimum Gasteiger partial charge on any atom is -0.352 e. The highest BCUT2D eigenvalue weighted by atomic mass is 16.1. The van der Waals surface area contributed by atoms with Gasteiger partial charge in [-0.2, -0.15) is 0 Å². The third kappa shape index (κ3) is 4.68. The second-order valence-electron chi connectivity index (χ2n) is 6.76. The van der Waals surface area contributed by atoms with Crippen LogP contribution in [0.5, 0.6) is 0 Å². The molecular weight excluding hydrogens is 300 g/mol. The summed E-state index contributed by atoms with van der Waals surface area (Å²) in [5.41, 5.74) is 1.83. The number of hydrogen-bond acceptors (Lipinski definition) is 3. The standard InChI is InChI=1S/C19H26N4O/c1-16(13-22-8-2-3-9-22)12-21-19(24)18-6-4-5-17(11-18)14-23-10-7-20-15-23/h4-7,10-11,15-16H,2-3,8-9,12-14H2,1H3,(H,21,24)/t16-/m0/s1. The zero-order valence-corrected chi connectivity index (χ0v) is 14.3. The maximum absolute atomic E-state index is 12.4. The molecule has 1 amide bonds. The van der Waals surface area contributed by atoms with Crippen LogP contribution in [0, 0.1) is 5.92 Å². The van der Waals surface area contributed by atoms with Crippen LogP contribution in [-0.4, -0.2) is 46.5 Å². The molecule has 0 radical (unpaired) electrons. The van der Waals surface area contributed by atoms with Crippen molar-refractivity contribution in [3.05, 3.63) is 54.1 Å². The molecule has 3 rings (SSSR count). The summed E-state index contributed by atoms with van der Waals surface area (Å²) in [6, 6.07) is 7.81. The van der Waals surface area contributed by atoms with Crippen molar-refractivity contribution < 1.29 is 4.79 Å². The zero-order valence-electron chi connectivity index (χ0n) is 14.3. The van der Waals surface area contributed by atoms with Crippen LogP contribution < -0.4 is 5.32 Å². The number of amides is 1. The summed E-state index contributed by atoms with van der Waals surface area (Å²) in [7, 11) is 0. The van der Waals surface area contributed by atoms with E-state index in [9.17, 15) is 4.79 Å². The molecule has 128 valence electrons. The molecule has 5 heteroatoms. The minimum absolute atomic E-state index is 0.00996. The van der Waals surface area contributed by atoms with Gasteiger partial charge in [0.05, 0.1) is 6.33 Å². The first-order chi connectivity index (χ1) is 11.7. The summed E-state index contributed by atoms with van der Waals surface area (Å²) < 4.78 is 2.00. The Kier molecular flexibility index (Phi) is 5.64. The number of benzene rings is 1. The van der Waals surface area contributed by atoms with Crippen LogP contribution in [0.1, 0.15) is 35.7 Å². The van der Waals surface area contributed by atoms with E-state index in [0.717, 1.165) is 30.8 Å². The van der Waals surface area contributed by atoms with E-state index in [1.165, 1.54) is 25.9 Å². The van der Waals surface area contributed by atoms with Crippen LogP contribution in [-0.2, 0) is 6.54 Å². The van der Waals surface area contributed by atoms with E-state index in [1.807, 2.05) is 35.0 Å². The van der Waals surface area contributed by atoms with Crippen molar-refractivity contribution in [1.82, 2.24) is 19.8 Å². The quantitative estimate of drug-likeness (QED) is 0.850. The average Bonchev–Trinajstić information content (AvgIpc) is 3.27. The maximum atomic E-state index is 12.4. The minimum atomic E-state index is 0.00996.